The lowest BCUT2D eigenvalue weighted by molar-refractivity contribution is -0.142. The zero-order chi connectivity index (χ0) is 25.9. The third-order valence-electron chi connectivity index (χ3n) is 6.21. The van der Waals surface area contributed by atoms with E-state index < -0.39 is 6.04 Å². The average molecular weight is 507 g/mol. The molecule has 5 nitrogen and oxygen atoms in total. The Morgan fingerprint density at radius 2 is 1.67 bits per heavy atom. The molecule has 6 heteroatoms. The molecule has 0 saturated heterocycles. The molecule has 0 aliphatic heterocycles. The maximum absolute atomic E-state index is 13.6. The Morgan fingerprint density at radius 3 is 2.33 bits per heavy atom. The van der Waals surface area contributed by atoms with Crippen molar-refractivity contribution in [3.05, 3.63) is 100 Å². The van der Waals surface area contributed by atoms with Crippen LogP contribution in [0.4, 0.5) is 0 Å². The summed E-state index contributed by atoms with van der Waals surface area (Å²) in [4.78, 5) is 28.6. The number of hydrogen-bond donors (Lipinski definition) is 1. The van der Waals surface area contributed by atoms with E-state index in [9.17, 15) is 9.59 Å². The van der Waals surface area contributed by atoms with E-state index in [-0.39, 0.29) is 25.0 Å². The number of benzene rings is 3. The fourth-order valence-electron chi connectivity index (χ4n) is 3.88. The summed E-state index contributed by atoms with van der Waals surface area (Å²) in [6, 6.07) is 22.2. The van der Waals surface area contributed by atoms with Gasteiger partial charge in [0.05, 0.1) is 0 Å². The molecule has 0 aliphatic rings. The molecule has 0 radical (unpaired) electrons. The number of carbonyl (C=O) groups is 2. The van der Waals surface area contributed by atoms with Crippen molar-refractivity contribution in [1.29, 1.82) is 0 Å². The molecule has 36 heavy (non-hydrogen) atoms. The van der Waals surface area contributed by atoms with Gasteiger partial charge in [0.25, 0.3) is 5.91 Å². The maximum atomic E-state index is 13.6. The molecule has 190 valence electrons. The topological polar surface area (TPSA) is 58.6 Å². The van der Waals surface area contributed by atoms with E-state index in [0.29, 0.717) is 23.7 Å². The van der Waals surface area contributed by atoms with E-state index in [1.54, 1.807) is 17.0 Å². The molecule has 0 aromatic heterocycles. The molecule has 0 aliphatic carbocycles. The predicted octanol–water partition coefficient (Wildman–Crippen LogP) is 5.89. The second-order valence-electron chi connectivity index (χ2n) is 9.03. The van der Waals surface area contributed by atoms with E-state index in [0.717, 1.165) is 35.1 Å². The van der Waals surface area contributed by atoms with Crippen molar-refractivity contribution >= 4 is 23.4 Å². The number of halogens is 1. The van der Waals surface area contributed by atoms with Crippen LogP contribution in [0.25, 0.3) is 0 Å². The monoisotopic (exact) mass is 506 g/mol. The van der Waals surface area contributed by atoms with Crippen LogP contribution in [-0.4, -0.2) is 35.9 Å². The maximum Gasteiger partial charge on any atom is 0.261 e. The smallest absolute Gasteiger partial charge is 0.261 e. The van der Waals surface area contributed by atoms with Gasteiger partial charge >= 0.3 is 0 Å². The lowest BCUT2D eigenvalue weighted by Gasteiger charge is -2.31. The molecule has 0 saturated carbocycles. The molecular formula is C30H35ClN2O3. The average Bonchev–Trinajstić information content (AvgIpc) is 2.88. The molecule has 0 bridgehead atoms. The first-order valence-electron chi connectivity index (χ1n) is 12.4. The standard InChI is InChI=1S/C30H35ClN2O3/c1-4-5-17-32-30(35)28(19-24-9-7-6-8-10-24)33(20-25-12-14-26(31)15-13-25)29(34)21-36-27-16-11-22(2)23(3)18-27/h6-16,18,28H,4-5,17,19-21H2,1-3H3,(H,32,35)/t28-/m1/s1. The molecule has 0 spiro atoms. The molecule has 2 amide bonds. The highest BCUT2D eigenvalue weighted by Crippen LogP contribution is 2.19. The van der Waals surface area contributed by atoms with Crippen LogP contribution < -0.4 is 10.1 Å². The Labute approximate surface area is 219 Å². The number of nitrogens with zero attached hydrogens (tertiary/aromatic N) is 1. The summed E-state index contributed by atoms with van der Waals surface area (Å²) in [5.74, 6) is 0.209. The third kappa shape index (κ3) is 8.13. The fraction of sp³-hybridized carbons (Fsp3) is 0.333. The first-order valence-corrected chi connectivity index (χ1v) is 12.8. The van der Waals surface area contributed by atoms with Crippen LogP contribution in [0.3, 0.4) is 0 Å². The molecule has 0 fully saturated rings. The molecule has 0 heterocycles. The van der Waals surface area contributed by atoms with Crippen molar-refractivity contribution in [3.8, 4) is 5.75 Å². The Balaban J connectivity index is 1.88. The van der Waals surface area contributed by atoms with Gasteiger partial charge in [-0.15, -0.1) is 0 Å². The summed E-state index contributed by atoms with van der Waals surface area (Å²) in [6.07, 6.45) is 2.26. The van der Waals surface area contributed by atoms with Crippen LogP contribution in [0.5, 0.6) is 5.75 Å². The summed E-state index contributed by atoms with van der Waals surface area (Å²) in [6.45, 7) is 6.79. The summed E-state index contributed by atoms with van der Waals surface area (Å²) in [5.41, 5.74) is 4.12. The van der Waals surface area contributed by atoms with Crippen molar-refractivity contribution in [2.24, 2.45) is 0 Å². The van der Waals surface area contributed by atoms with E-state index in [2.05, 4.69) is 12.2 Å². The predicted molar refractivity (Wildman–Crippen MR) is 145 cm³/mol. The van der Waals surface area contributed by atoms with Gasteiger partial charge in [-0.25, -0.2) is 0 Å². The van der Waals surface area contributed by atoms with Crippen molar-refractivity contribution in [2.75, 3.05) is 13.2 Å². The number of rotatable bonds is 12. The molecule has 1 N–H and O–H groups in total. The van der Waals surface area contributed by atoms with Gasteiger partial charge in [-0.05, 0) is 66.8 Å². The number of amides is 2. The second-order valence-corrected chi connectivity index (χ2v) is 9.47. The number of nitrogens with one attached hydrogen (secondary N) is 1. The van der Waals surface area contributed by atoms with Crippen LogP contribution in [0, 0.1) is 13.8 Å². The lowest BCUT2D eigenvalue weighted by Crippen LogP contribution is -2.51. The first-order chi connectivity index (χ1) is 17.4. The van der Waals surface area contributed by atoms with Crippen molar-refractivity contribution < 1.29 is 14.3 Å². The van der Waals surface area contributed by atoms with Gasteiger partial charge in [-0.2, -0.15) is 0 Å². The van der Waals surface area contributed by atoms with Crippen LogP contribution in [-0.2, 0) is 22.6 Å². The lowest BCUT2D eigenvalue weighted by atomic mass is 10.0. The molecule has 3 aromatic carbocycles. The highest BCUT2D eigenvalue weighted by atomic mass is 35.5. The van der Waals surface area contributed by atoms with Crippen LogP contribution in [0.15, 0.2) is 72.8 Å². The normalized spacial score (nSPS) is 11.6. The fourth-order valence-corrected chi connectivity index (χ4v) is 4.00. The Kier molecular flexibility index (Phi) is 10.4. The minimum absolute atomic E-state index is 0.163. The van der Waals surface area contributed by atoms with Crippen molar-refractivity contribution in [2.45, 2.75) is 52.6 Å². The largest absolute Gasteiger partial charge is 0.484 e. The molecule has 1 atom stereocenters. The van der Waals surface area contributed by atoms with Crippen molar-refractivity contribution in [1.82, 2.24) is 10.2 Å². The Hall–Kier alpha value is -3.31. The van der Waals surface area contributed by atoms with E-state index >= 15 is 0 Å². The number of carbonyl (C=O) groups excluding carboxylic acids is 2. The minimum Gasteiger partial charge on any atom is -0.484 e. The van der Waals surface area contributed by atoms with Crippen LogP contribution in [0.2, 0.25) is 5.02 Å². The zero-order valence-corrected chi connectivity index (χ0v) is 22.1. The van der Waals surface area contributed by atoms with Gasteiger partial charge < -0.3 is 15.0 Å². The molecule has 3 rings (SSSR count). The summed E-state index contributed by atoms with van der Waals surface area (Å²) in [5, 5.41) is 3.65. The quantitative estimate of drug-likeness (QED) is 0.311. The third-order valence-corrected chi connectivity index (χ3v) is 6.46. The zero-order valence-electron chi connectivity index (χ0n) is 21.3. The molecule has 0 unspecified atom stereocenters. The molecule has 3 aromatic rings. The Bertz CT molecular complexity index is 1130. The molecular weight excluding hydrogens is 472 g/mol. The van der Waals surface area contributed by atoms with E-state index in [4.69, 9.17) is 16.3 Å². The van der Waals surface area contributed by atoms with Crippen LogP contribution >= 0.6 is 11.6 Å². The summed E-state index contributed by atoms with van der Waals surface area (Å²) >= 11 is 6.08. The number of aryl methyl sites for hydroxylation is 2. The van der Waals surface area contributed by atoms with Gasteiger partial charge in [-0.3, -0.25) is 9.59 Å². The minimum atomic E-state index is -0.684. The number of ether oxygens (including phenoxy) is 1. The number of unbranched alkanes of at least 4 members (excludes halogenated alkanes) is 1. The number of hydrogen-bond acceptors (Lipinski definition) is 3. The second kappa shape index (κ2) is 13.7. The van der Waals surface area contributed by atoms with Gasteiger partial charge in [0.1, 0.15) is 11.8 Å². The van der Waals surface area contributed by atoms with Gasteiger partial charge in [0.2, 0.25) is 5.91 Å². The van der Waals surface area contributed by atoms with Crippen molar-refractivity contribution in [3.63, 3.8) is 0 Å². The highest BCUT2D eigenvalue weighted by molar-refractivity contribution is 6.30. The highest BCUT2D eigenvalue weighted by Gasteiger charge is 2.30. The SMILES string of the molecule is CCCCNC(=O)[C@@H](Cc1ccccc1)N(Cc1ccc(Cl)cc1)C(=O)COc1ccc(C)c(C)c1. The summed E-state index contributed by atoms with van der Waals surface area (Å²) in [7, 11) is 0. The van der Waals surface area contributed by atoms with E-state index in [1.165, 1.54) is 0 Å². The first kappa shape index (κ1) is 27.3. The van der Waals surface area contributed by atoms with Gasteiger partial charge in [0, 0.05) is 24.5 Å². The van der Waals surface area contributed by atoms with Gasteiger partial charge in [-0.1, -0.05) is 73.5 Å². The van der Waals surface area contributed by atoms with Gasteiger partial charge in [0.15, 0.2) is 6.61 Å². The van der Waals surface area contributed by atoms with E-state index in [1.807, 2.05) is 74.5 Å². The Morgan fingerprint density at radius 1 is 0.944 bits per heavy atom. The van der Waals surface area contributed by atoms with Crippen LogP contribution in [0.1, 0.15) is 42.0 Å². The summed E-state index contributed by atoms with van der Waals surface area (Å²) < 4.78 is 5.88.